The van der Waals surface area contributed by atoms with Crippen molar-refractivity contribution in [3.8, 4) is 5.75 Å². The first-order valence-corrected chi connectivity index (χ1v) is 11.6. The van der Waals surface area contributed by atoms with Gasteiger partial charge in [0.05, 0.1) is 24.5 Å². The Bertz CT molecular complexity index is 1310. The molecule has 35 heavy (non-hydrogen) atoms. The van der Waals surface area contributed by atoms with Crippen molar-refractivity contribution in [1.29, 1.82) is 0 Å². The van der Waals surface area contributed by atoms with Crippen molar-refractivity contribution >= 4 is 33.9 Å². The first-order chi connectivity index (χ1) is 17.1. The largest absolute Gasteiger partial charge is 0.497 e. The fraction of sp³-hybridized carbons (Fsp3) is 0.269. The molecular formula is C26H29N7O2. The van der Waals surface area contributed by atoms with E-state index in [4.69, 9.17) is 4.74 Å². The third-order valence-electron chi connectivity index (χ3n) is 6.30. The molecule has 3 N–H and O–H groups in total. The van der Waals surface area contributed by atoms with E-state index in [2.05, 4.69) is 54.8 Å². The maximum Gasteiger partial charge on any atom is 0.275 e. The molecule has 0 aliphatic carbocycles. The fourth-order valence-electron chi connectivity index (χ4n) is 4.21. The van der Waals surface area contributed by atoms with Crippen LogP contribution in [0.3, 0.4) is 0 Å². The minimum atomic E-state index is -0.267. The molecule has 1 aliphatic heterocycles. The molecule has 180 valence electrons. The molecule has 1 fully saturated rings. The molecule has 0 radical (unpaired) electrons. The summed E-state index contributed by atoms with van der Waals surface area (Å²) in [5.41, 5.74) is 4.51. The van der Waals surface area contributed by atoms with E-state index in [-0.39, 0.29) is 5.91 Å². The highest BCUT2D eigenvalue weighted by atomic mass is 16.5. The normalized spacial score (nSPS) is 14.7. The van der Waals surface area contributed by atoms with Gasteiger partial charge in [0.2, 0.25) is 0 Å². The second-order valence-electron chi connectivity index (χ2n) is 8.76. The molecule has 1 aliphatic rings. The molecule has 1 amide bonds. The van der Waals surface area contributed by atoms with Gasteiger partial charge in [0.1, 0.15) is 11.4 Å². The Hall–Kier alpha value is -3.95. The van der Waals surface area contributed by atoms with Gasteiger partial charge in [-0.15, -0.1) is 0 Å². The van der Waals surface area contributed by atoms with Gasteiger partial charge in [-0.3, -0.25) is 19.8 Å². The second-order valence-corrected chi connectivity index (χ2v) is 8.76. The van der Waals surface area contributed by atoms with Crippen molar-refractivity contribution < 1.29 is 9.53 Å². The van der Waals surface area contributed by atoms with Crippen molar-refractivity contribution in [2.75, 3.05) is 51.0 Å². The van der Waals surface area contributed by atoms with Crippen LogP contribution in [0.15, 0.2) is 60.9 Å². The number of aromatic amines is 1. The second kappa shape index (κ2) is 10.1. The number of amides is 1. The van der Waals surface area contributed by atoms with Gasteiger partial charge in [0.25, 0.3) is 5.91 Å². The minimum Gasteiger partial charge on any atom is -0.497 e. The lowest BCUT2D eigenvalue weighted by Crippen LogP contribution is -2.43. The molecule has 0 bridgehead atoms. The summed E-state index contributed by atoms with van der Waals surface area (Å²) >= 11 is 0. The monoisotopic (exact) mass is 471 g/mol. The molecule has 9 nitrogen and oxygen atoms in total. The summed E-state index contributed by atoms with van der Waals surface area (Å²) in [6.45, 7) is 5.26. The Labute approximate surface area is 204 Å². The highest BCUT2D eigenvalue weighted by Gasteiger charge is 2.17. The van der Waals surface area contributed by atoms with Crippen LogP contribution in [0.2, 0.25) is 0 Å². The SMILES string of the molecule is COc1ccc2c(Nc3cn[nH]c3C(=O)Nc3ccc(CN4CCN(C)CC4)cc3)ccnc2c1. The molecule has 4 aromatic rings. The van der Waals surface area contributed by atoms with Crippen molar-refractivity contribution in [2.45, 2.75) is 6.54 Å². The molecule has 0 spiro atoms. The maximum atomic E-state index is 13.0. The molecule has 0 saturated carbocycles. The zero-order chi connectivity index (χ0) is 24.2. The van der Waals surface area contributed by atoms with Crippen LogP contribution in [0, 0.1) is 0 Å². The molecule has 2 aromatic heterocycles. The third-order valence-corrected chi connectivity index (χ3v) is 6.30. The predicted octanol–water partition coefficient (Wildman–Crippen LogP) is 3.71. The number of pyridine rings is 1. The smallest absolute Gasteiger partial charge is 0.275 e. The molecule has 0 unspecified atom stereocenters. The molecular weight excluding hydrogens is 442 g/mol. The summed E-state index contributed by atoms with van der Waals surface area (Å²) in [6, 6.07) is 15.6. The van der Waals surface area contributed by atoms with Crippen molar-refractivity contribution in [3.05, 3.63) is 72.2 Å². The molecule has 5 rings (SSSR count). The number of benzene rings is 2. The van der Waals surface area contributed by atoms with Gasteiger partial charge in [-0.05, 0) is 42.9 Å². The van der Waals surface area contributed by atoms with Gasteiger partial charge in [-0.2, -0.15) is 5.10 Å². The minimum absolute atomic E-state index is 0.267. The Balaban J connectivity index is 1.26. The van der Waals surface area contributed by atoms with Crippen LogP contribution in [0.5, 0.6) is 5.75 Å². The predicted molar refractivity (Wildman–Crippen MR) is 137 cm³/mol. The van der Waals surface area contributed by atoms with E-state index in [1.807, 2.05) is 36.4 Å². The van der Waals surface area contributed by atoms with E-state index in [9.17, 15) is 4.79 Å². The number of hydrogen-bond acceptors (Lipinski definition) is 7. The lowest BCUT2D eigenvalue weighted by Gasteiger charge is -2.32. The van der Waals surface area contributed by atoms with Gasteiger partial charge >= 0.3 is 0 Å². The topological polar surface area (TPSA) is 98.4 Å². The van der Waals surface area contributed by atoms with Crippen LogP contribution in [-0.4, -0.2) is 71.2 Å². The fourth-order valence-corrected chi connectivity index (χ4v) is 4.21. The zero-order valence-electron chi connectivity index (χ0n) is 19.9. The summed E-state index contributed by atoms with van der Waals surface area (Å²) in [7, 11) is 3.78. The number of likely N-dealkylation sites (N-methyl/N-ethyl adjacent to an activating group) is 1. The van der Waals surface area contributed by atoms with Crippen LogP contribution in [0.25, 0.3) is 10.9 Å². The van der Waals surface area contributed by atoms with E-state index in [0.29, 0.717) is 11.4 Å². The number of aromatic nitrogens is 3. The standard InChI is InChI=1S/C26H29N7O2/c1-32-11-13-33(14-12-32)17-18-3-5-19(6-4-18)29-26(34)25-24(16-28-31-25)30-22-9-10-27-23-15-20(35-2)7-8-21(22)23/h3-10,15-16H,11-14,17H2,1-2H3,(H,27,30)(H,28,31)(H,29,34). The highest BCUT2D eigenvalue weighted by Crippen LogP contribution is 2.29. The average molecular weight is 472 g/mol. The van der Waals surface area contributed by atoms with E-state index in [0.717, 1.165) is 60.8 Å². The van der Waals surface area contributed by atoms with Crippen molar-refractivity contribution in [1.82, 2.24) is 25.0 Å². The molecule has 9 heteroatoms. The number of piperazine rings is 1. The molecule has 1 saturated heterocycles. The Morgan fingerprint density at radius 3 is 2.63 bits per heavy atom. The molecule has 0 atom stereocenters. The number of nitrogens with one attached hydrogen (secondary N) is 3. The number of methoxy groups -OCH3 is 1. The molecule has 2 aromatic carbocycles. The number of nitrogens with zero attached hydrogens (tertiary/aromatic N) is 4. The van der Waals surface area contributed by atoms with Gasteiger partial charge in [-0.1, -0.05) is 12.1 Å². The van der Waals surface area contributed by atoms with Gasteiger partial charge in [0.15, 0.2) is 0 Å². The number of rotatable bonds is 7. The van der Waals surface area contributed by atoms with E-state index >= 15 is 0 Å². The quantitative estimate of drug-likeness (QED) is 0.378. The Morgan fingerprint density at radius 2 is 1.86 bits per heavy atom. The number of ether oxygens (including phenoxy) is 1. The van der Waals surface area contributed by atoms with Crippen LogP contribution >= 0.6 is 0 Å². The van der Waals surface area contributed by atoms with Gasteiger partial charge in [-0.25, -0.2) is 0 Å². The number of carbonyl (C=O) groups excluding carboxylic acids is 1. The lowest BCUT2D eigenvalue weighted by molar-refractivity contribution is 0.102. The molecule has 3 heterocycles. The first-order valence-electron chi connectivity index (χ1n) is 11.6. The summed E-state index contributed by atoms with van der Waals surface area (Å²) in [5, 5.41) is 14.1. The highest BCUT2D eigenvalue weighted by molar-refractivity contribution is 6.07. The summed E-state index contributed by atoms with van der Waals surface area (Å²) in [6.07, 6.45) is 3.32. The van der Waals surface area contributed by atoms with E-state index < -0.39 is 0 Å². The number of hydrogen-bond donors (Lipinski definition) is 3. The average Bonchev–Trinajstić information content (AvgIpc) is 3.35. The van der Waals surface area contributed by atoms with Gasteiger partial charge in [0, 0.05) is 61.7 Å². The number of H-pyrrole nitrogens is 1. The van der Waals surface area contributed by atoms with Crippen LogP contribution in [0.1, 0.15) is 16.1 Å². The van der Waals surface area contributed by atoms with Gasteiger partial charge < -0.3 is 20.3 Å². The maximum absolute atomic E-state index is 13.0. The zero-order valence-corrected chi connectivity index (χ0v) is 19.9. The number of carbonyl (C=O) groups is 1. The Kier molecular flexibility index (Phi) is 6.60. The lowest BCUT2D eigenvalue weighted by atomic mass is 10.1. The van der Waals surface area contributed by atoms with Crippen LogP contribution in [0.4, 0.5) is 17.1 Å². The number of fused-ring (bicyclic) bond motifs is 1. The summed E-state index contributed by atoms with van der Waals surface area (Å²) in [5.74, 6) is 0.469. The third kappa shape index (κ3) is 5.26. The van der Waals surface area contributed by atoms with E-state index in [1.165, 1.54) is 5.56 Å². The number of anilines is 3. The summed E-state index contributed by atoms with van der Waals surface area (Å²) < 4.78 is 5.29. The summed E-state index contributed by atoms with van der Waals surface area (Å²) in [4.78, 5) is 22.2. The van der Waals surface area contributed by atoms with Crippen molar-refractivity contribution in [2.24, 2.45) is 0 Å². The van der Waals surface area contributed by atoms with Crippen LogP contribution in [-0.2, 0) is 6.54 Å². The Morgan fingerprint density at radius 1 is 1.06 bits per heavy atom. The van der Waals surface area contributed by atoms with E-state index in [1.54, 1.807) is 19.5 Å². The van der Waals surface area contributed by atoms with Crippen molar-refractivity contribution in [3.63, 3.8) is 0 Å². The first kappa shape index (κ1) is 22.8. The van der Waals surface area contributed by atoms with Crippen LogP contribution < -0.4 is 15.4 Å².